The maximum absolute atomic E-state index is 12.6. The average Bonchev–Trinajstić information content (AvgIpc) is 2.73. The molecular weight excluding hydrogens is 456 g/mol. The Labute approximate surface area is 179 Å². The van der Waals surface area contributed by atoms with Gasteiger partial charge >= 0.3 is 0 Å². The van der Waals surface area contributed by atoms with Gasteiger partial charge in [0.1, 0.15) is 11.5 Å². The fraction of sp³-hybridized carbons (Fsp3) is 0.182. The third-order valence-corrected chi connectivity index (χ3v) is 6.40. The summed E-state index contributed by atoms with van der Waals surface area (Å²) >= 11 is 3.29. The molecule has 0 amide bonds. The van der Waals surface area contributed by atoms with Crippen LogP contribution in [0, 0.1) is 0 Å². The van der Waals surface area contributed by atoms with E-state index in [0.29, 0.717) is 12.2 Å². The summed E-state index contributed by atoms with van der Waals surface area (Å²) in [5, 5.41) is 10.1. The van der Waals surface area contributed by atoms with E-state index in [9.17, 15) is 13.5 Å². The quantitative estimate of drug-likeness (QED) is 0.468. The second-order valence-electron chi connectivity index (χ2n) is 6.50. The van der Waals surface area contributed by atoms with E-state index in [4.69, 9.17) is 8.92 Å². The van der Waals surface area contributed by atoms with Crippen molar-refractivity contribution in [2.75, 3.05) is 13.7 Å². The molecule has 5 nitrogen and oxygen atoms in total. The van der Waals surface area contributed by atoms with E-state index in [2.05, 4.69) is 15.9 Å². The van der Waals surface area contributed by atoms with Crippen LogP contribution in [0.4, 0.5) is 0 Å². The number of aromatic hydroxyl groups is 1. The molecule has 0 fully saturated rings. The van der Waals surface area contributed by atoms with Crippen LogP contribution in [0.25, 0.3) is 0 Å². The largest absolute Gasteiger partial charge is 0.508 e. The van der Waals surface area contributed by atoms with E-state index in [1.165, 1.54) is 12.1 Å². The molecule has 3 aromatic carbocycles. The van der Waals surface area contributed by atoms with Crippen molar-refractivity contribution in [2.24, 2.45) is 0 Å². The maximum atomic E-state index is 12.6. The molecule has 0 aliphatic carbocycles. The lowest BCUT2D eigenvalue weighted by Gasteiger charge is -2.19. The zero-order valence-electron chi connectivity index (χ0n) is 15.8. The molecule has 1 unspecified atom stereocenters. The first-order valence-corrected chi connectivity index (χ1v) is 11.1. The molecular formula is C22H21BrO5S. The van der Waals surface area contributed by atoms with Crippen LogP contribution in [-0.2, 0) is 20.7 Å². The molecule has 1 atom stereocenters. The van der Waals surface area contributed by atoms with Crippen molar-refractivity contribution in [3.63, 3.8) is 0 Å². The third kappa shape index (κ3) is 5.59. The lowest BCUT2D eigenvalue weighted by Crippen LogP contribution is -2.16. The van der Waals surface area contributed by atoms with Crippen molar-refractivity contribution in [1.82, 2.24) is 0 Å². The molecule has 152 valence electrons. The number of hydrogen-bond acceptors (Lipinski definition) is 5. The molecule has 0 aliphatic heterocycles. The Morgan fingerprint density at radius 3 is 2.24 bits per heavy atom. The van der Waals surface area contributed by atoms with Crippen molar-refractivity contribution in [2.45, 2.75) is 17.2 Å². The first-order valence-electron chi connectivity index (χ1n) is 8.95. The summed E-state index contributed by atoms with van der Waals surface area (Å²) in [5.41, 5.74) is 1.61. The molecule has 0 heterocycles. The highest BCUT2D eigenvalue weighted by Gasteiger charge is 2.21. The number of halogens is 1. The van der Waals surface area contributed by atoms with Crippen molar-refractivity contribution in [3.8, 4) is 11.5 Å². The zero-order valence-corrected chi connectivity index (χ0v) is 18.2. The minimum absolute atomic E-state index is 0.0565. The van der Waals surface area contributed by atoms with E-state index in [-0.39, 0.29) is 23.2 Å². The molecule has 0 spiro atoms. The van der Waals surface area contributed by atoms with Crippen LogP contribution in [-0.4, -0.2) is 27.2 Å². The minimum atomic E-state index is -3.90. The molecule has 1 N–H and O–H groups in total. The summed E-state index contributed by atoms with van der Waals surface area (Å²) < 4.78 is 36.6. The van der Waals surface area contributed by atoms with E-state index in [0.717, 1.165) is 15.6 Å². The fourth-order valence-corrected chi connectivity index (χ4v) is 4.15. The SMILES string of the molecule is COc1ccc(C(COS(=O)(=O)c2ccc(Br)cc2)Cc2ccccc2O)cc1. The standard InChI is InChI=1S/C22H21BrO5S/c1-27-20-10-6-16(7-11-20)18(14-17-4-2-3-5-22(17)24)15-28-29(25,26)21-12-8-19(23)9-13-21/h2-13,18,24H,14-15H2,1H3. The summed E-state index contributed by atoms with van der Waals surface area (Å²) in [7, 11) is -2.32. The summed E-state index contributed by atoms with van der Waals surface area (Å²) in [6, 6.07) is 20.7. The van der Waals surface area contributed by atoms with Crippen molar-refractivity contribution in [1.29, 1.82) is 0 Å². The van der Waals surface area contributed by atoms with Crippen LogP contribution in [0.3, 0.4) is 0 Å². The van der Waals surface area contributed by atoms with Crippen LogP contribution in [0.1, 0.15) is 17.0 Å². The molecule has 0 saturated heterocycles. The summed E-state index contributed by atoms with van der Waals surface area (Å²) in [6.45, 7) is -0.0565. The third-order valence-electron chi connectivity index (χ3n) is 4.57. The van der Waals surface area contributed by atoms with Crippen LogP contribution in [0.5, 0.6) is 11.5 Å². The fourth-order valence-electron chi connectivity index (χ4n) is 2.94. The normalized spacial score (nSPS) is 12.5. The summed E-state index contributed by atoms with van der Waals surface area (Å²) in [4.78, 5) is 0.0942. The smallest absolute Gasteiger partial charge is 0.296 e. The number of para-hydroxylation sites is 1. The Morgan fingerprint density at radius 2 is 1.62 bits per heavy atom. The van der Waals surface area contributed by atoms with Gasteiger partial charge in [-0.3, -0.25) is 4.18 Å². The van der Waals surface area contributed by atoms with Crippen molar-refractivity contribution < 1.29 is 22.4 Å². The predicted molar refractivity (Wildman–Crippen MR) is 115 cm³/mol. The highest BCUT2D eigenvalue weighted by atomic mass is 79.9. The lowest BCUT2D eigenvalue weighted by atomic mass is 9.92. The van der Waals surface area contributed by atoms with Gasteiger partial charge in [-0.25, -0.2) is 0 Å². The van der Waals surface area contributed by atoms with Crippen molar-refractivity contribution >= 4 is 26.0 Å². The highest BCUT2D eigenvalue weighted by molar-refractivity contribution is 9.10. The summed E-state index contributed by atoms with van der Waals surface area (Å²) in [6.07, 6.45) is 0.425. The maximum Gasteiger partial charge on any atom is 0.296 e. The van der Waals surface area contributed by atoms with E-state index >= 15 is 0 Å². The molecule has 0 bridgehead atoms. The van der Waals surface area contributed by atoms with E-state index < -0.39 is 10.1 Å². The number of ether oxygens (including phenoxy) is 1. The number of phenols is 1. The van der Waals surface area contributed by atoms with Crippen LogP contribution >= 0.6 is 15.9 Å². The Morgan fingerprint density at radius 1 is 0.966 bits per heavy atom. The van der Waals surface area contributed by atoms with Crippen LogP contribution in [0.15, 0.2) is 82.2 Å². The molecule has 3 aromatic rings. The second kappa shape index (κ2) is 9.43. The average molecular weight is 477 g/mol. The van der Waals surface area contributed by atoms with Gasteiger partial charge in [0.15, 0.2) is 0 Å². The molecule has 0 aliphatic rings. The van der Waals surface area contributed by atoms with Gasteiger partial charge in [0.25, 0.3) is 10.1 Å². The zero-order chi connectivity index (χ0) is 20.9. The van der Waals surface area contributed by atoms with Crippen molar-refractivity contribution in [3.05, 3.63) is 88.4 Å². The second-order valence-corrected chi connectivity index (χ2v) is 9.03. The van der Waals surface area contributed by atoms with Gasteiger partial charge in [-0.2, -0.15) is 8.42 Å². The number of methoxy groups -OCH3 is 1. The topological polar surface area (TPSA) is 72.8 Å². The van der Waals surface area contributed by atoms with Gasteiger partial charge in [-0.1, -0.05) is 46.3 Å². The molecule has 0 radical (unpaired) electrons. The number of rotatable bonds is 8. The monoisotopic (exact) mass is 476 g/mol. The predicted octanol–water partition coefficient (Wildman–Crippen LogP) is 4.90. The highest BCUT2D eigenvalue weighted by Crippen LogP contribution is 2.28. The Hall–Kier alpha value is -2.35. The minimum Gasteiger partial charge on any atom is -0.508 e. The van der Waals surface area contributed by atoms with Gasteiger partial charge in [0.05, 0.1) is 18.6 Å². The van der Waals surface area contributed by atoms with Gasteiger partial charge in [0.2, 0.25) is 0 Å². The molecule has 7 heteroatoms. The first kappa shape index (κ1) is 21.4. The molecule has 29 heavy (non-hydrogen) atoms. The van der Waals surface area contributed by atoms with Crippen LogP contribution < -0.4 is 4.74 Å². The van der Waals surface area contributed by atoms with E-state index in [1.54, 1.807) is 31.4 Å². The van der Waals surface area contributed by atoms with Gasteiger partial charge < -0.3 is 9.84 Å². The number of benzene rings is 3. The lowest BCUT2D eigenvalue weighted by molar-refractivity contribution is 0.289. The Kier molecular flexibility index (Phi) is 6.95. The van der Waals surface area contributed by atoms with Gasteiger partial charge in [0, 0.05) is 10.4 Å². The number of phenolic OH excluding ortho intramolecular Hbond substituents is 1. The van der Waals surface area contributed by atoms with E-state index in [1.807, 2.05) is 36.4 Å². The summed E-state index contributed by atoms with van der Waals surface area (Å²) in [5.74, 6) is 0.597. The Balaban J connectivity index is 1.84. The molecule has 0 aromatic heterocycles. The van der Waals surface area contributed by atoms with Crippen LogP contribution in [0.2, 0.25) is 0 Å². The Bertz CT molecular complexity index is 1050. The van der Waals surface area contributed by atoms with Gasteiger partial charge in [-0.05, 0) is 60.0 Å². The molecule has 3 rings (SSSR count). The number of hydrogen-bond donors (Lipinski definition) is 1. The van der Waals surface area contributed by atoms with Gasteiger partial charge in [-0.15, -0.1) is 0 Å². The molecule has 0 saturated carbocycles. The first-order chi connectivity index (χ1) is 13.9.